The average molecular weight is 409 g/mol. The molecular weight excluding hydrogens is 384 g/mol. The lowest BCUT2D eigenvalue weighted by Crippen LogP contribution is -2.27. The molecule has 2 aromatic carbocycles. The molecule has 0 saturated heterocycles. The fourth-order valence-electron chi connectivity index (χ4n) is 2.98. The van der Waals surface area contributed by atoms with Crippen molar-refractivity contribution in [3.63, 3.8) is 0 Å². The van der Waals surface area contributed by atoms with E-state index in [4.69, 9.17) is 12.2 Å². The molecule has 7 heteroatoms. The fraction of sp³-hybridized carbons (Fsp3) is 0.227. The monoisotopic (exact) mass is 408 g/mol. The highest BCUT2D eigenvalue weighted by molar-refractivity contribution is 7.71. The molecule has 1 aromatic heterocycles. The number of likely N-dealkylation sites (N-methyl/N-ethyl adjacent to an activating group) is 1. The van der Waals surface area contributed by atoms with Crippen molar-refractivity contribution in [3.8, 4) is 17.3 Å². The minimum Gasteiger partial charge on any atom is -0.494 e. The summed E-state index contributed by atoms with van der Waals surface area (Å²) in [6.45, 7) is 3.18. The molecule has 3 rings (SSSR count). The summed E-state index contributed by atoms with van der Waals surface area (Å²) in [6.07, 6.45) is 1.43. The first-order valence-corrected chi connectivity index (χ1v) is 9.69. The van der Waals surface area contributed by atoms with Gasteiger partial charge < -0.3 is 10.0 Å². The van der Waals surface area contributed by atoms with Gasteiger partial charge >= 0.3 is 0 Å². The molecule has 0 bridgehead atoms. The first-order chi connectivity index (χ1) is 13.9. The van der Waals surface area contributed by atoms with E-state index in [1.54, 1.807) is 0 Å². The van der Waals surface area contributed by atoms with E-state index < -0.39 is 5.56 Å². The zero-order chi connectivity index (χ0) is 21.0. The number of para-hydroxylation sites is 2. The van der Waals surface area contributed by atoms with Crippen LogP contribution in [-0.2, 0) is 0 Å². The number of nitrogens with zero attached hydrogens (tertiary/aromatic N) is 4. The summed E-state index contributed by atoms with van der Waals surface area (Å²) in [6, 6.07) is 16.7. The minimum absolute atomic E-state index is 0.101. The van der Waals surface area contributed by atoms with Crippen molar-refractivity contribution in [3.05, 3.63) is 80.8 Å². The summed E-state index contributed by atoms with van der Waals surface area (Å²) in [7, 11) is 3.90. The van der Waals surface area contributed by atoms with E-state index in [1.165, 1.54) is 15.3 Å². The molecule has 0 amide bonds. The second-order valence-corrected chi connectivity index (χ2v) is 7.32. The van der Waals surface area contributed by atoms with Gasteiger partial charge in [0.1, 0.15) is 5.56 Å². The molecule has 0 aliphatic rings. The molecule has 1 N–H and O–H groups in total. The van der Waals surface area contributed by atoms with Crippen LogP contribution in [0.5, 0.6) is 5.88 Å². The average Bonchev–Trinajstić information content (AvgIpc) is 2.69. The highest BCUT2D eigenvalue weighted by Gasteiger charge is 2.18. The van der Waals surface area contributed by atoms with Gasteiger partial charge in [0.25, 0.3) is 5.56 Å². The van der Waals surface area contributed by atoms with Gasteiger partial charge in [-0.2, -0.15) is 0 Å². The Labute approximate surface area is 175 Å². The Morgan fingerprint density at radius 1 is 1.07 bits per heavy atom. The number of hydrogen-bond acceptors (Lipinski definition) is 5. The second-order valence-electron chi connectivity index (χ2n) is 6.96. The van der Waals surface area contributed by atoms with Crippen LogP contribution in [0, 0.1) is 11.7 Å². The molecule has 0 spiro atoms. The maximum atomic E-state index is 13.2. The van der Waals surface area contributed by atoms with E-state index >= 15 is 0 Å². The molecule has 1 heterocycles. The molecule has 150 valence electrons. The van der Waals surface area contributed by atoms with Gasteiger partial charge in [0.15, 0.2) is 4.77 Å². The molecule has 3 aromatic rings. The van der Waals surface area contributed by atoms with E-state index in [9.17, 15) is 9.90 Å². The fourth-order valence-corrected chi connectivity index (χ4v) is 3.35. The lowest BCUT2D eigenvalue weighted by Gasteiger charge is -2.17. The Kier molecular flexibility index (Phi) is 6.41. The van der Waals surface area contributed by atoms with Gasteiger partial charge in [-0.3, -0.25) is 18.9 Å². The van der Waals surface area contributed by atoms with Crippen LogP contribution in [0.2, 0.25) is 0 Å². The standard InChI is InChI=1S/C22H24N4O2S/c1-16-9-7-8-12-19(16)26-21(28)18(15-23-13-14-24(2)3)20(27)25(22(26)29)17-10-5-4-6-11-17/h4-12,15,28H,13-14H2,1-3H3. The van der Waals surface area contributed by atoms with Crippen LogP contribution in [-0.4, -0.2) is 52.5 Å². The van der Waals surface area contributed by atoms with Gasteiger partial charge in [0.2, 0.25) is 5.88 Å². The summed E-state index contributed by atoms with van der Waals surface area (Å²) in [5, 5.41) is 11.0. The van der Waals surface area contributed by atoms with Crippen LogP contribution in [0.25, 0.3) is 11.4 Å². The largest absolute Gasteiger partial charge is 0.494 e. The van der Waals surface area contributed by atoms with Crippen molar-refractivity contribution in [2.75, 3.05) is 27.2 Å². The van der Waals surface area contributed by atoms with E-state index in [2.05, 4.69) is 4.99 Å². The first-order valence-electron chi connectivity index (χ1n) is 9.29. The predicted octanol–water partition coefficient (Wildman–Crippen LogP) is 3.35. The predicted molar refractivity (Wildman–Crippen MR) is 120 cm³/mol. The normalized spacial score (nSPS) is 11.4. The lowest BCUT2D eigenvalue weighted by atomic mass is 10.2. The van der Waals surface area contributed by atoms with Crippen molar-refractivity contribution in [2.45, 2.75) is 6.92 Å². The number of aromatic hydroxyl groups is 1. The zero-order valence-corrected chi connectivity index (χ0v) is 17.6. The van der Waals surface area contributed by atoms with Crippen LogP contribution in [0.3, 0.4) is 0 Å². The van der Waals surface area contributed by atoms with Crippen molar-refractivity contribution < 1.29 is 5.11 Å². The van der Waals surface area contributed by atoms with Gasteiger partial charge in [-0.05, 0) is 57.0 Å². The number of rotatable bonds is 6. The third kappa shape index (κ3) is 4.36. The second kappa shape index (κ2) is 8.98. The Hall–Kier alpha value is -3.03. The van der Waals surface area contributed by atoms with Crippen LogP contribution < -0.4 is 5.56 Å². The molecule has 0 unspecified atom stereocenters. The zero-order valence-electron chi connectivity index (χ0n) is 16.7. The third-order valence-electron chi connectivity index (χ3n) is 4.54. The summed E-state index contributed by atoms with van der Waals surface area (Å²) in [5.74, 6) is -0.213. The summed E-state index contributed by atoms with van der Waals surface area (Å²) < 4.78 is 3.14. The lowest BCUT2D eigenvalue weighted by molar-refractivity contribution is 0.420. The summed E-state index contributed by atoms with van der Waals surface area (Å²) in [5.41, 5.74) is 1.96. The van der Waals surface area contributed by atoms with Gasteiger partial charge in [0, 0.05) is 12.8 Å². The van der Waals surface area contributed by atoms with E-state index in [1.807, 2.05) is 80.5 Å². The van der Waals surface area contributed by atoms with Crippen LogP contribution in [0.1, 0.15) is 11.1 Å². The summed E-state index contributed by atoms with van der Waals surface area (Å²) in [4.78, 5) is 19.6. The Morgan fingerprint density at radius 3 is 2.38 bits per heavy atom. The van der Waals surface area contributed by atoms with Gasteiger partial charge in [0.05, 0.1) is 17.9 Å². The van der Waals surface area contributed by atoms with Crippen molar-refractivity contribution in [2.24, 2.45) is 4.99 Å². The van der Waals surface area contributed by atoms with Crippen molar-refractivity contribution >= 4 is 18.4 Å². The van der Waals surface area contributed by atoms with Crippen LogP contribution in [0.15, 0.2) is 64.4 Å². The van der Waals surface area contributed by atoms with E-state index in [0.717, 1.165) is 12.1 Å². The Bertz CT molecular complexity index is 1150. The van der Waals surface area contributed by atoms with E-state index in [0.29, 0.717) is 17.9 Å². The number of benzene rings is 2. The quantitative estimate of drug-likeness (QED) is 0.502. The smallest absolute Gasteiger partial charge is 0.271 e. The molecule has 0 aliphatic heterocycles. The van der Waals surface area contributed by atoms with Gasteiger partial charge in [-0.1, -0.05) is 36.4 Å². The van der Waals surface area contributed by atoms with Gasteiger partial charge in [-0.15, -0.1) is 0 Å². The SMILES string of the molecule is Cc1ccccc1-n1c(O)c(C=NCCN(C)C)c(=O)n(-c2ccccc2)c1=S. The Balaban J connectivity index is 2.29. The highest BCUT2D eigenvalue weighted by atomic mass is 32.1. The van der Waals surface area contributed by atoms with E-state index in [-0.39, 0.29) is 16.2 Å². The van der Waals surface area contributed by atoms with Crippen LogP contribution in [0.4, 0.5) is 0 Å². The molecule has 0 fully saturated rings. The number of aromatic nitrogens is 2. The highest BCUT2D eigenvalue weighted by Crippen LogP contribution is 2.23. The first kappa shape index (κ1) is 20.7. The van der Waals surface area contributed by atoms with Crippen LogP contribution >= 0.6 is 12.2 Å². The molecule has 29 heavy (non-hydrogen) atoms. The van der Waals surface area contributed by atoms with Crippen molar-refractivity contribution in [1.29, 1.82) is 0 Å². The molecular formula is C22H24N4O2S. The maximum Gasteiger partial charge on any atom is 0.271 e. The van der Waals surface area contributed by atoms with Gasteiger partial charge in [-0.25, -0.2) is 0 Å². The number of hydrogen-bond donors (Lipinski definition) is 1. The molecule has 0 aliphatic carbocycles. The molecule has 0 radical (unpaired) electrons. The maximum absolute atomic E-state index is 13.2. The minimum atomic E-state index is -0.405. The van der Waals surface area contributed by atoms with Crippen molar-refractivity contribution in [1.82, 2.24) is 14.0 Å². The number of aryl methyl sites for hydroxylation is 1. The number of aliphatic imine (C=N–C) groups is 1. The molecule has 0 atom stereocenters. The third-order valence-corrected chi connectivity index (χ3v) is 4.90. The topological polar surface area (TPSA) is 62.8 Å². The molecule has 6 nitrogen and oxygen atoms in total. The molecule has 0 saturated carbocycles. The summed E-state index contributed by atoms with van der Waals surface area (Å²) >= 11 is 5.63. The Morgan fingerprint density at radius 2 is 1.72 bits per heavy atom.